The van der Waals surface area contributed by atoms with Gasteiger partial charge in [0.05, 0.1) is 11.1 Å². The molecule has 0 amide bonds. The first kappa shape index (κ1) is 14.3. The molecule has 0 saturated carbocycles. The predicted octanol–water partition coefficient (Wildman–Crippen LogP) is 3.91. The Morgan fingerprint density at radius 2 is 2.17 bits per heavy atom. The molecular weight excluding hydrogens is 264 g/mol. The minimum absolute atomic E-state index is 0.351. The van der Waals surface area contributed by atoms with Crippen LogP contribution >= 0.6 is 22.9 Å². The smallest absolute Gasteiger partial charge is 0.0564 e. The van der Waals surface area contributed by atoms with Gasteiger partial charge in [0, 0.05) is 16.8 Å². The van der Waals surface area contributed by atoms with Gasteiger partial charge in [0.1, 0.15) is 0 Å². The largest absolute Gasteiger partial charge is 0.329 e. The molecule has 1 unspecified atom stereocenters. The van der Waals surface area contributed by atoms with Crippen molar-refractivity contribution >= 4 is 22.9 Å². The molecule has 0 radical (unpaired) electrons. The van der Waals surface area contributed by atoms with Crippen LogP contribution in [0.4, 0.5) is 0 Å². The highest BCUT2D eigenvalue weighted by molar-refractivity contribution is 7.10. The van der Waals surface area contributed by atoms with E-state index in [0.717, 1.165) is 18.1 Å². The number of thiophene rings is 1. The van der Waals surface area contributed by atoms with Crippen molar-refractivity contribution in [1.29, 1.82) is 0 Å². The Hall–Kier alpha value is -0.0900. The van der Waals surface area contributed by atoms with Crippen molar-refractivity contribution in [3.63, 3.8) is 0 Å². The molecule has 1 aliphatic rings. The highest BCUT2D eigenvalue weighted by Crippen LogP contribution is 2.38. The van der Waals surface area contributed by atoms with Crippen molar-refractivity contribution < 1.29 is 0 Å². The van der Waals surface area contributed by atoms with Gasteiger partial charge in [0.2, 0.25) is 0 Å². The van der Waals surface area contributed by atoms with Gasteiger partial charge in [-0.15, -0.1) is 11.3 Å². The lowest BCUT2D eigenvalue weighted by atomic mass is 9.78. The summed E-state index contributed by atoms with van der Waals surface area (Å²) in [6.07, 6.45) is 3.83. The maximum atomic E-state index is 6.02. The van der Waals surface area contributed by atoms with Crippen molar-refractivity contribution in [2.45, 2.75) is 39.2 Å². The van der Waals surface area contributed by atoms with E-state index >= 15 is 0 Å². The van der Waals surface area contributed by atoms with Gasteiger partial charge in [-0.25, -0.2) is 0 Å². The lowest BCUT2D eigenvalue weighted by Crippen LogP contribution is -2.42. The predicted molar refractivity (Wildman–Crippen MR) is 80.3 cm³/mol. The SMILES string of the molecule is CCC1(C)CCN(C(CN)c2cc(Cl)cs2)CC1. The zero-order valence-corrected chi connectivity index (χ0v) is 12.9. The number of nitrogens with two attached hydrogens (primary N) is 1. The summed E-state index contributed by atoms with van der Waals surface area (Å²) in [6, 6.07) is 2.42. The van der Waals surface area contributed by atoms with E-state index in [4.69, 9.17) is 17.3 Å². The minimum atomic E-state index is 0.351. The lowest BCUT2D eigenvalue weighted by molar-refractivity contribution is 0.0841. The molecule has 4 heteroatoms. The normalized spacial score (nSPS) is 22.0. The topological polar surface area (TPSA) is 29.3 Å². The molecule has 1 aromatic heterocycles. The molecule has 0 aromatic carbocycles. The van der Waals surface area contributed by atoms with Gasteiger partial charge in [0.25, 0.3) is 0 Å². The number of rotatable bonds is 4. The van der Waals surface area contributed by atoms with Gasteiger partial charge in [-0.1, -0.05) is 31.9 Å². The number of hydrogen-bond acceptors (Lipinski definition) is 3. The summed E-state index contributed by atoms with van der Waals surface area (Å²) in [4.78, 5) is 3.84. The van der Waals surface area contributed by atoms with Gasteiger partial charge in [-0.05, 0) is 37.4 Å². The van der Waals surface area contributed by atoms with Crippen LogP contribution in [-0.4, -0.2) is 24.5 Å². The Morgan fingerprint density at radius 3 is 2.61 bits per heavy atom. The number of likely N-dealkylation sites (tertiary alicyclic amines) is 1. The second-order valence-electron chi connectivity index (χ2n) is 5.62. The van der Waals surface area contributed by atoms with Crippen LogP contribution in [-0.2, 0) is 0 Å². The molecule has 0 spiro atoms. The number of hydrogen-bond donors (Lipinski definition) is 1. The summed E-state index contributed by atoms with van der Waals surface area (Å²) >= 11 is 7.75. The van der Waals surface area contributed by atoms with Crippen molar-refractivity contribution in [2.24, 2.45) is 11.1 Å². The van der Waals surface area contributed by atoms with Crippen LogP contribution in [0.5, 0.6) is 0 Å². The first-order valence-electron chi connectivity index (χ1n) is 6.76. The summed E-state index contributed by atoms with van der Waals surface area (Å²) in [5.41, 5.74) is 6.50. The third-order valence-corrected chi connectivity index (χ3v) is 5.82. The summed E-state index contributed by atoms with van der Waals surface area (Å²) < 4.78 is 0. The fourth-order valence-electron chi connectivity index (χ4n) is 2.68. The first-order chi connectivity index (χ1) is 8.58. The highest BCUT2D eigenvalue weighted by Gasteiger charge is 2.31. The summed E-state index contributed by atoms with van der Waals surface area (Å²) in [7, 11) is 0. The van der Waals surface area contributed by atoms with Crippen LogP contribution in [0.1, 0.15) is 44.0 Å². The van der Waals surface area contributed by atoms with Gasteiger partial charge < -0.3 is 5.73 Å². The van der Waals surface area contributed by atoms with E-state index in [2.05, 4.69) is 24.8 Å². The third kappa shape index (κ3) is 3.08. The Kier molecular flexibility index (Phi) is 4.70. The summed E-state index contributed by atoms with van der Waals surface area (Å²) in [5, 5.41) is 2.84. The zero-order valence-electron chi connectivity index (χ0n) is 11.3. The Balaban J connectivity index is 2.03. The van der Waals surface area contributed by atoms with E-state index in [1.807, 2.05) is 5.38 Å². The summed E-state index contributed by atoms with van der Waals surface area (Å²) in [6.45, 7) is 7.70. The van der Waals surface area contributed by atoms with Crippen LogP contribution in [0.3, 0.4) is 0 Å². The van der Waals surface area contributed by atoms with E-state index in [-0.39, 0.29) is 0 Å². The maximum Gasteiger partial charge on any atom is 0.0564 e. The van der Waals surface area contributed by atoms with Crippen LogP contribution < -0.4 is 5.73 Å². The molecule has 0 bridgehead atoms. The zero-order chi connectivity index (χ0) is 13.2. The molecule has 2 nitrogen and oxygen atoms in total. The van der Waals surface area contributed by atoms with Crippen molar-refractivity contribution in [2.75, 3.05) is 19.6 Å². The second-order valence-corrected chi connectivity index (χ2v) is 7.00. The van der Waals surface area contributed by atoms with Gasteiger partial charge >= 0.3 is 0 Å². The Morgan fingerprint density at radius 1 is 1.50 bits per heavy atom. The molecule has 102 valence electrons. The molecule has 1 saturated heterocycles. The molecule has 1 fully saturated rings. The van der Waals surface area contributed by atoms with Crippen LogP contribution in [0.15, 0.2) is 11.4 Å². The Bertz CT molecular complexity index is 383. The maximum absolute atomic E-state index is 6.02. The molecule has 0 aliphatic carbocycles. The number of halogens is 1. The van der Waals surface area contributed by atoms with Crippen LogP contribution in [0, 0.1) is 5.41 Å². The monoisotopic (exact) mass is 286 g/mol. The molecule has 1 aliphatic heterocycles. The molecule has 18 heavy (non-hydrogen) atoms. The van der Waals surface area contributed by atoms with Crippen molar-refractivity contribution in [3.8, 4) is 0 Å². The molecule has 2 rings (SSSR count). The first-order valence-corrected chi connectivity index (χ1v) is 8.02. The molecule has 1 aromatic rings. The van der Waals surface area contributed by atoms with Crippen molar-refractivity contribution in [1.82, 2.24) is 4.90 Å². The van der Waals surface area contributed by atoms with E-state index in [9.17, 15) is 0 Å². The van der Waals surface area contributed by atoms with Crippen molar-refractivity contribution in [3.05, 3.63) is 21.3 Å². The third-order valence-electron chi connectivity index (χ3n) is 4.44. The van der Waals surface area contributed by atoms with Crippen LogP contribution in [0.25, 0.3) is 0 Å². The quantitative estimate of drug-likeness (QED) is 0.909. The van der Waals surface area contributed by atoms with Crippen LogP contribution in [0.2, 0.25) is 5.02 Å². The average molecular weight is 287 g/mol. The number of piperidine rings is 1. The lowest BCUT2D eigenvalue weighted by Gasteiger charge is -2.42. The van der Waals surface area contributed by atoms with Gasteiger partial charge in [0.15, 0.2) is 0 Å². The highest BCUT2D eigenvalue weighted by atomic mass is 35.5. The fraction of sp³-hybridized carbons (Fsp3) is 0.714. The second kappa shape index (κ2) is 5.91. The molecule has 2 heterocycles. The van der Waals surface area contributed by atoms with E-state index < -0.39 is 0 Å². The van der Waals surface area contributed by atoms with E-state index in [0.29, 0.717) is 18.0 Å². The van der Waals surface area contributed by atoms with Gasteiger partial charge in [-0.2, -0.15) is 0 Å². The Labute approximate surface area is 119 Å². The molecule has 2 N–H and O–H groups in total. The molecule has 1 atom stereocenters. The minimum Gasteiger partial charge on any atom is -0.329 e. The standard InChI is InChI=1S/C14H23ClN2S/c1-3-14(2)4-6-17(7-5-14)12(9-16)13-8-11(15)10-18-13/h8,10,12H,3-7,9,16H2,1-2H3. The molecular formula is C14H23ClN2S. The van der Waals surface area contributed by atoms with E-state index in [1.165, 1.54) is 24.1 Å². The van der Waals surface area contributed by atoms with E-state index in [1.54, 1.807) is 11.3 Å². The summed E-state index contributed by atoms with van der Waals surface area (Å²) in [5.74, 6) is 0. The van der Waals surface area contributed by atoms with Gasteiger partial charge in [-0.3, -0.25) is 4.90 Å². The fourth-order valence-corrected chi connectivity index (χ4v) is 3.91. The number of nitrogens with zero attached hydrogens (tertiary/aromatic N) is 1. The average Bonchev–Trinajstić information content (AvgIpc) is 2.79.